The lowest BCUT2D eigenvalue weighted by Crippen LogP contribution is -2.28. The number of nitrogens with zero attached hydrogens (tertiary/aromatic N) is 1. The van der Waals surface area contributed by atoms with Gasteiger partial charge in [-0.1, -0.05) is 55.5 Å². The van der Waals surface area contributed by atoms with E-state index in [1.165, 1.54) is 35.6 Å². The lowest BCUT2D eigenvalue weighted by molar-refractivity contribution is 0.0951. The zero-order valence-corrected chi connectivity index (χ0v) is 17.3. The summed E-state index contributed by atoms with van der Waals surface area (Å²) in [6, 6.07) is 24.8. The van der Waals surface area contributed by atoms with Crippen LogP contribution in [-0.2, 0) is 10.0 Å². The smallest absolute Gasteiger partial charge is 0.264 e. The van der Waals surface area contributed by atoms with Gasteiger partial charge in [-0.25, -0.2) is 8.42 Å². The van der Waals surface area contributed by atoms with Crippen molar-refractivity contribution in [2.45, 2.75) is 17.7 Å². The standard InChI is InChI=1S/C23H24N2O3S/c1-18(19-9-5-3-6-10-19)17-24-23(26)20-13-15-22(16-14-20)29(27,28)25(2)21-11-7-4-8-12-21/h3-16,18H,17H2,1-2H3,(H,24,26). The molecule has 1 atom stereocenters. The first-order valence-corrected chi connectivity index (χ1v) is 10.8. The van der Waals surface area contributed by atoms with E-state index >= 15 is 0 Å². The number of carbonyl (C=O) groups is 1. The average Bonchev–Trinajstić information content (AvgIpc) is 2.78. The number of amides is 1. The van der Waals surface area contributed by atoms with Crippen LogP contribution in [0.4, 0.5) is 5.69 Å². The highest BCUT2D eigenvalue weighted by Crippen LogP contribution is 2.22. The van der Waals surface area contributed by atoms with E-state index in [2.05, 4.69) is 5.32 Å². The van der Waals surface area contributed by atoms with Crippen LogP contribution < -0.4 is 9.62 Å². The molecule has 0 aromatic heterocycles. The largest absolute Gasteiger partial charge is 0.351 e. The van der Waals surface area contributed by atoms with Crippen molar-refractivity contribution in [1.29, 1.82) is 0 Å². The number of benzene rings is 3. The molecule has 5 nitrogen and oxygen atoms in total. The molecule has 1 unspecified atom stereocenters. The Labute approximate surface area is 172 Å². The number of anilines is 1. The van der Waals surface area contributed by atoms with Crippen LogP contribution in [-0.4, -0.2) is 27.9 Å². The number of hydrogen-bond acceptors (Lipinski definition) is 3. The molecule has 0 bridgehead atoms. The summed E-state index contributed by atoms with van der Waals surface area (Å²) in [6.45, 7) is 2.55. The van der Waals surface area contributed by atoms with Crippen molar-refractivity contribution in [1.82, 2.24) is 5.32 Å². The van der Waals surface area contributed by atoms with E-state index in [0.29, 0.717) is 17.8 Å². The second-order valence-electron chi connectivity index (χ2n) is 6.85. The molecule has 0 saturated carbocycles. The third-order valence-corrected chi connectivity index (χ3v) is 6.63. The van der Waals surface area contributed by atoms with Crippen molar-refractivity contribution in [2.24, 2.45) is 0 Å². The van der Waals surface area contributed by atoms with Gasteiger partial charge in [-0.15, -0.1) is 0 Å². The first-order valence-electron chi connectivity index (χ1n) is 9.37. The highest BCUT2D eigenvalue weighted by molar-refractivity contribution is 7.92. The Balaban J connectivity index is 1.67. The Morgan fingerprint density at radius 2 is 1.45 bits per heavy atom. The molecule has 0 fully saturated rings. The summed E-state index contributed by atoms with van der Waals surface area (Å²) in [5.74, 6) is -0.0486. The molecule has 0 saturated heterocycles. The molecule has 0 heterocycles. The SMILES string of the molecule is CC(CNC(=O)c1ccc(S(=O)(=O)N(C)c2ccccc2)cc1)c1ccccc1. The zero-order valence-electron chi connectivity index (χ0n) is 16.4. The van der Waals surface area contributed by atoms with Gasteiger partial charge >= 0.3 is 0 Å². The number of carbonyl (C=O) groups excluding carboxylic acids is 1. The molecule has 6 heteroatoms. The van der Waals surface area contributed by atoms with Crippen LogP contribution in [0.5, 0.6) is 0 Å². The second kappa shape index (κ2) is 8.92. The summed E-state index contributed by atoms with van der Waals surface area (Å²) in [7, 11) is -2.18. The van der Waals surface area contributed by atoms with Gasteiger partial charge in [-0.2, -0.15) is 0 Å². The maximum absolute atomic E-state index is 12.8. The van der Waals surface area contributed by atoms with Gasteiger partial charge in [0.15, 0.2) is 0 Å². The number of para-hydroxylation sites is 1. The molecular weight excluding hydrogens is 384 g/mol. The predicted octanol–water partition coefficient (Wildman–Crippen LogP) is 4.05. The second-order valence-corrected chi connectivity index (χ2v) is 8.82. The highest BCUT2D eigenvalue weighted by atomic mass is 32.2. The molecule has 0 aliphatic heterocycles. The van der Waals surface area contributed by atoms with Crippen LogP contribution in [0.3, 0.4) is 0 Å². The van der Waals surface area contributed by atoms with Crippen LogP contribution in [0, 0.1) is 0 Å². The van der Waals surface area contributed by atoms with E-state index in [9.17, 15) is 13.2 Å². The predicted molar refractivity (Wildman–Crippen MR) is 116 cm³/mol. The van der Waals surface area contributed by atoms with Crippen molar-refractivity contribution in [3.63, 3.8) is 0 Å². The van der Waals surface area contributed by atoms with Gasteiger partial charge in [0.05, 0.1) is 10.6 Å². The molecule has 1 N–H and O–H groups in total. The Morgan fingerprint density at radius 1 is 0.897 bits per heavy atom. The topological polar surface area (TPSA) is 66.5 Å². The lowest BCUT2D eigenvalue weighted by atomic mass is 10.0. The minimum atomic E-state index is -3.69. The Kier molecular flexibility index (Phi) is 6.34. The van der Waals surface area contributed by atoms with Crippen molar-refractivity contribution >= 4 is 21.6 Å². The summed E-state index contributed by atoms with van der Waals surface area (Å²) in [5.41, 5.74) is 2.15. The van der Waals surface area contributed by atoms with Gasteiger partial charge < -0.3 is 5.32 Å². The van der Waals surface area contributed by atoms with E-state index in [1.807, 2.05) is 43.3 Å². The normalized spacial score (nSPS) is 12.2. The molecular formula is C23H24N2O3S. The van der Waals surface area contributed by atoms with Crippen molar-refractivity contribution in [3.05, 3.63) is 96.1 Å². The minimum absolute atomic E-state index is 0.137. The molecule has 29 heavy (non-hydrogen) atoms. The van der Waals surface area contributed by atoms with Gasteiger partial charge in [-0.05, 0) is 47.9 Å². The molecule has 150 valence electrons. The number of hydrogen-bond donors (Lipinski definition) is 1. The fraction of sp³-hybridized carbons (Fsp3) is 0.174. The summed E-state index contributed by atoms with van der Waals surface area (Å²) < 4.78 is 26.8. The minimum Gasteiger partial charge on any atom is -0.351 e. The molecule has 0 aliphatic rings. The van der Waals surface area contributed by atoms with Gasteiger partial charge in [0.25, 0.3) is 15.9 Å². The van der Waals surface area contributed by atoms with Crippen molar-refractivity contribution in [3.8, 4) is 0 Å². The third kappa shape index (κ3) is 4.84. The van der Waals surface area contributed by atoms with Crippen molar-refractivity contribution < 1.29 is 13.2 Å². The van der Waals surface area contributed by atoms with E-state index in [4.69, 9.17) is 0 Å². The summed E-state index contributed by atoms with van der Waals surface area (Å²) in [4.78, 5) is 12.6. The Bertz CT molecular complexity index is 1050. The van der Waals surface area contributed by atoms with Crippen molar-refractivity contribution in [2.75, 3.05) is 17.9 Å². The fourth-order valence-electron chi connectivity index (χ4n) is 2.96. The molecule has 1 amide bonds. The van der Waals surface area contributed by atoms with E-state index in [1.54, 1.807) is 24.3 Å². The molecule has 0 spiro atoms. The Hall–Kier alpha value is -3.12. The van der Waals surface area contributed by atoms with E-state index < -0.39 is 10.0 Å². The first-order chi connectivity index (χ1) is 13.9. The van der Waals surface area contributed by atoms with Crippen LogP contribution in [0.15, 0.2) is 89.8 Å². The van der Waals surface area contributed by atoms with Crippen LogP contribution >= 0.6 is 0 Å². The van der Waals surface area contributed by atoms with Gasteiger partial charge in [0, 0.05) is 19.2 Å². The third-order valence-electron chi connectivity index (χ3n) is 4.83. The van der Waals surface area contributed by atoms with Crippen LogP contribution in [0.1, 0.15) is 28.8 Å². The zero-order chi connectivity index (χ0) is 20.9. The molecule has 3 aromatic carbocycles. The van der Waals surface area contributed by atoms with E-state index in [0.717, 1.165) is 5.56 Å². The lowest BCUT2D eigenvalue weighted by Gasteiger charge is -2.19. The molecule has 0 aliphatic carbocycles. The molecule has 0 radical (unpaired) electrons. The fourth-order valence-corrected chi connectivity index (χ4v) is 4.16. The Morgan fingerprint density at radius 3 is 2.03 bits per heavy atom. The summed E-state index contributed by atoms with van der Waals surface area (Å²) in [5, 5.41) is 2.91. The maximum Gasteiger partial charge on any atom is 0.264 e. The molecule has 3 rings (SSSR count). The summed E-state index contributed by atoms with van der Waals surface area (Å²) >= 11 is 0. The number of rotatable bonds is 7. The van der Waals surface area contributed by atoms with Crippen LogP contribution in [0.25, 0.3) is 0 Å². The highest BCUT2D eigenvalue weighted by Gasteiger charge is 2.21. The maximum atomic E-state index is 12.8. The number of sulfonamides is 1. The average molecular weight is 409 g/mol. The number of nitrogens with one attached hydrogen (secondary N) is 1. The summed E-state index contributed by atoms with van der Waals surface area (Å²) in [6.07, 6.45) is 0. The molecule has 3 aromatic rings. The first kappa shape index (κ1) is 20.6. The van der Waals surface area contributed by atoms with Gasteiger partial charge in [0.1, 0.15) is 0 Å². The van der Waals surface area contributed by atoms with Gasteiger partial charge in [-0.3, -0.25) is 9.10 Å². The quantitative estimate of drug-likeness (QED) is 0.641. The van der Waals surface area contributed by atoms with E-state index in [-0.39, 0.29) is 16.7 Å². The van der Waals surface area contributed by atoms with Gasteiger partial charge in [0.2, 0.25) is 0 Å². The monoisotopic (exact) mass is 408 g/mol. The van der Waals surface area contributed by atoms with Crippen LogP contribution in [0.2, 0.25) is 0 Å².